The molecule has 1 unspecified atom stereocenters. The fourth-order valence-electron chi connectivity index (χ4n) is 2.43. The highest BCUT2D eigenvalue weighted by Gasteiger charge is 2.37. The van der Waals surface area contributed by atoms with Crippen molar-refractivity contribution in [2.45, 2.75) is 51.6 Å². The van der Waals surface area contributed by atoms with Crippen LogP contribution in [0.15, 0.2) is 18.2 Å². The van der Waals surface area contributed by atoms with E-state index < -0.39 is 20.5 Å². The zero-order valence-corrected chi connectivity index (χ0v) is 16.4. The molecule has 0 N–H and O–H groups in total. The van der Waals surface area contributed by atoms with Crippen LogP contribution in [0.3, 0.4) is 0 Å². The lowest BCUT2D eigenvalue weighted by Crippen LogP contribution is -2.39. The van der Waals surface area contributed by atoms with Gasteiger partial charge in [-0.1, -0.05) is 6.07 Å². The quantitative estimate of drug-likeness (QED) is 0.486. The highest BCUT2D eigenvalue weighted by molar-refractivity contribution is 6.69. The van der Waals surface area contributed by atoms with Gasteiger partial charge in [0.25, 0.3) is 0 Å². The number of alkyl halides is 2. The molecule has 26 heavy (non-hydrogen) atoms. The maximum atomic E-state index is 12.7. The van der Waals surface area contributed by atoms with Gasteiger partial charge in [0.1, 0.15) is 6.07 Å². The molecule has 0 aromatic heterocycles. The summed E-state index contributed by atoms with van der Waals surface area (Å²) in [6, 6.07) is 6.57. The van der Waals surface area contributed by atoms with Crippen LogP contribution in [0.4, 0.5) is 8.78 Å². The van der Waals surface area contributed by atoms with Crippen molar-refractivity contribution in [2.24, 2.45) is 5.92 Å². The molecular weight excluding hydrogens is 356 g/mol. The summed E-state index contributed by atoms with van der Waals surface area (Å²) in [6.07, 6.45) is 2.12. The molecule has 4 nitrogen and oxygen atoms in total. The number of halogens is 2. The Morgan fingerprint density at radius 2 is 1.96 bits per heavy atom. The second-order valence-corrected chi connectivity index (χ2v) is 11.6. The van der Waals surface area contributed by atoms with Gasteiger partial charge in [-0.2, -0.15) is 14.0 Å². The average Bonchev–Trinajstić information content (AvgIpc) is 3.36. The van der Waals surface area contributed by atoms with Gasteiger partial charge in [0.2, 0.25) is 5.60 Å². The fourth-order valence-corrected chi connectivity index (χ4v) is 3.57. The van der Waals surface area contributed by atoms with Crippen LogP contribution in [-0.2, 0) is 10.0 Å². The minimum atomic E-state index is -2.96. The first kappa shape index (κ1) is 20.2. The Hall–Kier alpha value is -2.09. The van der Waals surface area contributed by atoms with E-state index in [9.17, 15) is 14.0 Å². The van der Waals surface area contributed by atoms with E-state index in [1.807, 2.05) is 19.6 Å². The lowest BCUT2D eigenvalue weighted by molar-refractivity contribution is -0.0515. The van der Waals surface area contributed by atoms with Crippen LogP contribution in [0.1, 0.15) is 25.3 Å². The first-order valence-electron chi connectivity index (χ1n) is 8.46. The van der Waals surface area contributed by atoms with Crippen molar-refractivity contribution in [2.75, 3.05) is 6.61 Å². The van der Waals surface area contributed by atoms with Crippen molar-refractivity contribution in [1.82, 2.24) is 0 Å². The summed E-state index contributed by atoms with van der Waals surface area (Å²) in [7, 11) is -2.13. The molecule has 0 bridgehead atoms. The molecule has 1 aliphatic rings. The van der Waals surface area contributed by atoms with Crippen LogP contribution in [0.2, 0.25) is 19.6 Å². The maximum absolute atomic E-state index is 12.7. The summed E-state index contributed by atoms with van der Waals surface area (Å²) in [5.74, 6) is 6.13. The van der Waals surface area contributed by atoms with Gasteiger partial charge in [-0.05, 0) is 63.4 Å². The molecule has 0 heterocycles. The van der Waals surface area contributed by atoms with Gasteiger partial charge in [-0.15, -0.1) is 5.92 Å². The number of nitriles is 1. The number of benzene rings is 1. The first-order chi connectivity index (χ1) is 12.2. The summed E-state index contributed by atoms with van der Waals surface area (Å²) in [5, 5.41) is 9.81. The predicted molar refractivity (Wildman–Crippen MR) is 96.5 cm³/mol. The van der Waals surface area contributed by atoms with E-state index in [2.05, 4.69) is 22.6 Å². The Bertz CT molecular complexity index is 742. The van der Waals surface area contributed by atoms with Gasteiger partial charge in [0.15, 0.2) is 19.8 Å². The molecule has 1 atom stereocenters. The molecule has 1 saturated carbocycles. The fraction of sp³-hybridized carbons (Fsp3) is 0.526. The number of ether oxygens (including phenoxy) is 2. The van der Waals surface area contributed by atoms with Crippen molar-refractivity contribution >= 4 is 8.32 Å². The number of hydrogen-bond donors (Lipinski definition) is 0. The lowest BCUT2D eigenvalue weighted by Gasteiger charge is -2.30. The molecular formula is C19H23F2NO3Si. The first-order valence-corrected chi connectivity index (χ1v) is 11.9. The molecule has 2 rings (SSSR count). The van der Waals surface area contributed by atoms with Crippen molar-refractivity contribution in [3.05, 3.63) is 23.8 Å². The van der Waals surface area contributed by atoms with Gasteiger partial charge < -0.3 is 13.9 Å². The molecule has 0 amide bonds. The second-order valence-electron chi connectivity index (χ2n) is 7.18. The van der Waals surface area contributed by atoms with Crippen LogP contribution < -0.4 is 9.47 Å². The third-order valence-electron chi connectivity index (χ3n) is 3.66. The standard InChI is InChI=1S/C19H23F2NO3Si/c1-5-10-19(13-22,25-26(2,3)4)15-8-9-16(24-18(20)21)17(11-15)23-12-14-6-7-14/h8-9,11,14,18H,6-7,12H2,1-4H3. The van der Waals surface area contributed by atoms with E-state index in [-0.39, 0.29) is 11.5 Å². The molecule has 1 fully saturated rings. The van der Waals surface area contributed by atoms with Crippen molar-refractivity contribution in [3.8, 4) is 29.4 Å². The zero-order chi connectivity index (χ0) is 19.4. The monoisotopic (exact) mass is 379 g/mol. The summed E-state index contributed by atoms with van der Waals surface area (Å²) in [4.78, 5) is 0. The second kappa shape index (κ2) is 8.07. The van der Waals surface area contributed by atoms with Gasteiger partial charge >= 0.3 is 6.61 Å². The lowest BCUT2D eigenvalue weighted by atomic mass is 9.95. The van der Waals surface area contributed by atoms with Crippen LogP contribution >= 0.6 is 0 Å². The van der Waals surface area contributed by atoms with E-state index >= 15 is 0 Å². The molecule has 140 valence electrons. The zero-order valence-electron chi connectivity index (χ0n) is 15.4. The van der Waals surface area contributed by atoms with Gasteiger partial charge in [-0.25, -0.2) is 0 Å². The van der Waals surface area contributed by atoms with Gasteiger partial charge in [-0.3, -0.25) is 0 Å². The average molecular weight is 379 g/mol. The molecule has 1 aromatic rings. The minimum absolute atomic E-state index is 0.0614. The Balaban J connectivity index is 2.45. The highest BCUT2D eigenvalue weighted by atomic mass is 28.4. The van der Waals surface area contributed by atoms with E-state index in [0.29, 0.717) is 18.1 Å². The normalized spacial score (nSPS) is 16.2. The van der Waals surface area contributed by atoms with Crippen molar-refractivity contribution < 1.29 is 22.7 Å². The van der Waals surface area contributed by atoms with Gasteiger partial charge in [0.05, 0.1) is 6.61 Å². The van der Waals surface area contributed by atoms with Crippen LogP contribution in [0.25, 0.3) is 0 Å². The Labute approximate surface area is 154 Å². The number of hydrogen-bond acceptors (Lipinski definition) is 4. The Morgan fingerprint density at radius 3 is 2.46 bits per heavy atom. The Morgan fingerprint density at radius 1 is 1.27 bits per heavy atom. The summed E-state index contributed by atoms with van der Waals surface area (Å²) in [5.41, 5.74) is -1.02. The summed E-state index contributed by atoms with van der Waals surface area (Å²) in [6.45, 7) is 4.95. The van der Waals surface area contributed by atoms with Crippen molar-refractivity contribution in [3.63, 3.8) is 0 Å². The van der Waals surface area contributed by atoms with Crippen LogP contribution in [0.5, 0.6) is 11.5 Å². The number of rotatable bonds is 8. The molecule has 1 aromatic carbocycles. The van der Waals surface area contributed by atoms with E-state index in [1.165, 1.54) is 18.2 Å². The molecule has 1 aliphatic carbocycles. The minimum Gasteiger partial charge on any atom is -0.489 e. The van der Waals surface area contributed by atoms with E-state index in [0.717, 1.165) is 12.8 Å². The largest absolute Gasteiger partial charge is 0.489 e. The topological polar surface area (TPSA) is 51.5 Å². The molecule has 0 saturated heterocycles. The van der Waals surface area contributed by atoms with Gasteiger partial charge in [0, 0.05) is 5.56 Å². The van der Waals surface area contributed by atoms with Crippen LogP contribution in [0, 0.1) is 29.1 Å². The van der Waals surface area contributed by atoms with E-state index in [4.69, 9.17) is 9.16 Å². The molecule has 0 spiro atoms. The third kappa shape index (κ3) is 5.45. The molecule has 7 heteroatoms. The SMILES string of the molecule is CC#CC(C#N)(O[Si](C)(C)C)c1ccc(OC(F)F)c(OCC2CC2)c1. The van der Waals surface area contributed by atoms with E-state index in [1.54, 1.807) is 6.92 Å². The smallest absolute Gasteiger partial charge is 0.387 e. The van der Waals surface area contributed by atoms with Crippen molar-refractivity contribution in [1.29, 1.82) is 5.26 Å². The molecule has 0 radical (unpaired) electrons. The van der Waals surface area contributed by atoms with Crippen LogP contribution in [-0.4, -0.2) is 21.5 Å². The highest BCUT2D eigenvalue weighted by Crippen LogP contribution is 2.38. The molecule has 0 aliphatic heterocycles. The Kier molecular flexibility index (Phi) is 6.28. The third-order valence-corrected chi connectivity index (χ3v) is 4.57. The maximum Gasteiger partial charge on any atom is 0.387 e. The summed E-state index contributed by atoms with van der Waals surface area (Å²) < 4.78 is 41.7. The summed E-state index contributed by atoms with van der Waals surface area (Å²) >= 11 is 0. The predicted octanol–water partition coefficient (Wildman–Crippen LogP) is 4.67. The number of nitrogens with zero attached hydrogens (tertiary/aromatic N) is 1.